The second-order valence-electron chi connectivity index (χ2n) is 4.53. The van der Waals surface area contributed by atoms with Crippen LogP contribution in [0.5, 0.6) is 0 Å². The van der Waals surface area contributed by atoms with Crippen molar-refractivity contribution in [1.29, 1.82) is 0 Å². The summed E-state index contributed by atoms with van der Waals surface area (Å²) in [5.74, 6) is 0.732. The molecule has 0 saturated heterocycles. The Balaban J connectivity index is 2.96. The van der Waals surface area contributed by atoms with Crippen molar-refractivity contribution in [3.63, 3.8) is 0 Å². The molecule has 0 aromatic carbocycles. The van der Waals surface area contributed by atoms with Gasteiger partial charge in [-0.05, 0) is 15.8 Å². The Morgan fingerprint density at radius 1 is 1.47 bits per heavy atom. The molecular weight excluding hydrogens is 194 g/mol. The number of hydrogen-bond acceptors (Lipinski definition) is 5. The highest BCUT2D eigenvalue weighted by Gasteiger charge is 2.30. The molecule has 0 aliphatic rings. The summed E-state index contributed by atoms with van der Waals surface area (Å²) in [6.07, 6.45) is -0.126. The lowest BCUT2D eigenvalue weighted by molar-refractivity contribution is 0.00533. The van der Waals surface area contributed by atoms with Gasteiger partial charge in [-0.2, -0.15) is 0 Å². The Bertz CT molecular complexity index is 304. The van der Waals surface area contributed by atoms with Gasteiger partial charge < -0.3 is 10.5 Å². The largest absolute Gasteiger partial charge is 0.373 e. The molecule has 2 N–H and O–H groups in total. The van der Waals surface area contributed by atoms with Gasteiger partial charge in [-0.15, -0.1) is 5.10 Å². The second kappa shape index (κ2) is 4.67. The zero-order valence-corrected chi connectivity index (χ0v) is 9.77. The van der Waals surface area contributed by atoms with E-state index in [0.717, 1.165) is 5.82 Å². The van der Waals surface area contributed by atoms with Crippen molar-refractivity contribution >= 4 is 0 Å². The van der Waals surface area contributed by atoms with Crippen molar-refractivity contribution < 1.29 is 4.74 Å². The zero-order chi connectivity index (χ0) is 11.5. The highest BCUT2D eigenvalue weighted by Crippen LogP contribution is 2.33. The number of tetrazole rings is 1. The molecule has 1 atom stereocenters. The number of nitrogens with two attached hydrogens (primary N) is 1. The van der Waals surface area contributed by atoms with Gasteiger partial charge in [-0.3, -0.25) is 0 Å². The highest BCUT2D eigenvalue weighted by molar-refractivity contribution is 4.94. The van der Waals surface area contributed by atoms with Gasteiger partial charge in [0.2, 0.25) is 0 Å². The Hall–Kier alpha value is -1.01. The lowest BCUT2D eigenvalue weighted by Gasteiger charge is -2.27. The summed E-state index contributed by atoms with van der Waals surface area (Å²) in [6.45, 7) is 7.38. The minimum atomic E-state index is -0.126. The van der Waals surface area contributed by atoms with Crippen LogP contribution in [0, 0.1) is 5.41 Å². The molecule has 0 aliphatic carbocycles. The molecule has 15 heavy (non-hydrogen) atoms. The average Bonchev–Trinajstić information content (AvgIpc) is 2.53. The maximum absolute atomic E-state index is 5.48. The summed E-state index contributed by atoms with van der Waals surface area (Å²) in [4.78, 5) is 0. The summed E-state index contributed by atoms with van der Waals surface area (Å²) in [6, 6.07) is 0. The van der Waals surface area contributed by atoms with Crippen molar-refractivity contribution in [2.45, 2.75) is 33.4 Å². The van der Waals surface area contributed by atoms with Gasteiger partial charge in [0.15, 0.2) is 5.82 Å². The van der Waals surface area contributed by atoms with Gasteiger partial charge >= 0.3 is 0 Å². The topological polar surface area (TPSA) is 78.9 Å². The third-order valence-electron chi connectivity index (χ3n) is 2.16. The predicted octanol–water partition coefficient (Wildman–Crippen LogP) is 0.365. The molecule has 1 aromatic heterocycles. The number of aromatic nitrogens is 4. The zero-order valence-electron chi connectivity index (χ0n) is 9.77. The van der Waals surface area contributed by atoms with E-state index in [1.165, 1.54) is 0 Å². The van der Waals surface area contributed by atoms with Crippen LogP contribution >= 0.6 is 0 Å². The molecule has 1 aromatic rings. The number of rotatable bonds is 4. The summed E-state index contributed by atoms with van der Waals surface area (Å²) >= 11 is 0. The van der Waals surface area contributed by atoms with Gasteiger partial charge in [0.1, 0.15) is 6.10 Å². The molecule has 86 valence electrons. The number of methoxy groups -OCH3 is 1. The van der Waals surface area contributed by atoms with Crippen molar-refractivity contribution in [1.82, 2.24) is 20.2 Å². The fraction of sp³-hybridized carbons (Fsp3) is 0.889. The lowest BCUT2D eigenvalue weighted by Crippen LogP contribution is -2.25. The molecule has 1 heterocycles. The van der Waals surface area contributed by atoms with E-state index in [1.54, 1.807) is 11.8 Å². The molecule has 0 saturated carbocycles. The Morgan fingerprint density at radius 3 is 2.60 bits per heavy atom. The van der Waals surface area contributed by atoms with Gasteiger partial charge in [-0.25, -0.2) is 4.68 Å². The number of hydrogen-bond donors (Lipinski definition) is 1. The molecule has 1 unspecified atom stereocenters. The van der Waals surface area contributed by atoms with E-state index in [-0.39, 0.29) is 11.5 Å². The Kier molecular flexibility index (Phi) is 3.76. The molecular formula is C9H19N5O. The monoisotopic (exact) mass is 213 g/mol. The van der Waals surface area contributed by atoms with Crippen LogP contribution in [-0.4, -0.2) is 33.9 Å². The number of ether oxygens (including phenoxy) is 1. The van der Waals surface area contributed by atoms with Crippen LogP contribution in [0.25, 0.3) is 0 Å². The first-order valence-electron chi connectivity index (χ1n) is 4.99. The average molecular weight is 213 g/mol. The summed E-state index contributed by atoms with van der Waals surface area (Å²) in [5, 5.41) is 11.5. The fourth-order valence-electron chi connectivity index (χ4n) is 1.53. The maximum Gasteiger partial charge on any atom is 0.180 e. The van der Waals surface area contributed by atoms with E-state index in [4.69, 9.17) is 10.5 Å². The van der Waals surface area contributed by atoms with Crippen LogP contribution in [0.2, 0.25) is 0 Å². The third kappa shape index (κ3) is 2.73. The first kappa shape index (κ1) is 12.1. The molecule has 0 radical (unpaired) electrons. The SMILES string of the molecule is COC(c1nnnn1CCN)C(C)(C)C. The Morgan fingerprint density at radius 2 is 2.13 bits per heavy atom. The smallest absolute Gasteiger partial charge is 0.180 e. The maximum atomic E-state index is 5.48. The van der Waals surface area contributed by atoms with Crippen LogP contribution in [0.1, 0.15) is 32.7 Å². The fourth-order valence-corrected chi connectivity index (χ4v) is 1.53. The molecule has 0 aliphatic heterocycles. The quantitative estimate of drug-likeness (QED) is 0.781. The van der Waals surface area contributed by atoms with Crippen LogP contribution in [0.3, 0.4) is 0 Å². The molecule has 6 nitrogen and oxygen atoms in total. The molecule has 1 rings (SSSR count). The normalized spacial score (nSPS) is 14.2. The van der Waals surface area contributed by atoms with Crippen molar-refractivity contribution in [3.8, 4) is 0 Å². The first-order valence-corrected chi connectivity index (χ1v) is 4.99. The second-order valence-corrected chi connectivity index (χ2v) is 4.53. The van der Waals surface area contributed by atoms with Crippen molar-refractivity contribution in [3.05, 3.63) is 5.82 Å². The lowest BCUT2D eigenvalue weighted by atomic mass is 9.88. The van der Waals surface area contributed by atoms with E-state index in [9.17, 15) is 0 Å². The summed E-state index contributed by atoms with van der Waals surface area (Å²) < 4.78 is 7.14. The Labute approximate surface area is 89.8 Å². The van der Waals surface area contributed by atoms with Crippen molar-refractivity contribution in [2.75, 3.05) is 13.7 Å². The van der Waals surface area contributed by atoms with Crippen LogP contribution < -0.4 is 5.73 Å². The predicted molar refractivity (Wildman–Crippen MR) is 56.1 cm³/mol. The minimum absolute atomic E-state index is 0.0458. The van der Waals surface area contributed by atoms with Crippen molar-refractivity contribution in [2.24, 2.45) is 11.1 Å². The van der Waals surface area contributed by atoms with Crippen LogP contribution in [-0.2, 0) is 11.3 Å². The standard InChI is InChI=1S/C9H19N5O/c1-9(2,3)7(15-4)8-11-12-13-14(8)6-5-10/h7H,5-6,10H2,1-4H3. The van der Waals surface area contributed by atoms with Gasteiger partial charge in [0, 0.05) is 13.7 Å². The van der Waals surface area contributed by atoms with E-state index in [1.807, 2.05) is 0 Å². The van der Waals surface area contributed by atoms with E-state index >= 15 is 0 Å². The number of nitrogens with zero attached hydrogens (tertiary/aromatic N) is 4. The van der Waals surface area contributed by atoms with E-state index in [0.29, 0.717) is 13.1 Å². The van der Waals surface area contributed by atoms with E-state index in [2.05, 4.69) is 36.3 Å². The molecule has 0 fully saturated rings. The van der Waals surface area contributed by atoms with Gasteiger partial charge in [0.25, 0.3) is 0 Å². The van der Waals surface area contributed by atoms with Crippen LogP contribution in [0.4, 0.5) is 0 Å². The van der Waals surface area contributed by atoms with Gasteiger partial charge in [0.05, 0.1) is 6.54 Å². The third-order valence-corrected chi connectivity index (χ3v) is 2.16. The van der Waals surface area contributed by atoms with Gasteiger partial charge in [-0.1, -0.05) is 20.8 Å². The summed E-state index contributed by atoms with van der Waals surface area (Å²) in [7, 11) is 1.66. The molecule has 0 bridgehead atoms. The minimum Gasteiger partial charge on any atom is -0.373 e. The van der Waals surface area contributed by atoms with Crippen LogP contribution in [0.15, 0.2) is 0 Å². The highest BCUT2D eigenvalue weighted by atomic mass is 16.5. The first-order chi connectivity index (χ1) is 7.00. The summed E-state index contributed by atoms with van der Waals surface area (Å²) in [5.41, 5.74) is 5.44. The van der Waals surface area contributed by atoms with E-state index < -0.39 is 0 Å². The molecule has 0 spiro atoms. The molecule has 6 heteroatoms. The molecule has 0 amide bonds.